The number of rotatable bonds is 4. The summed E-state index contributed by atoms with van der Waals surface area (Å²) in [6.45, 7) is 2.94. The van der Waals surface area contributed by atoms with Crippen molar-refractivity contribution in [3.8, 4) is 0 Å². The van der Waals surface area contributed by atoms with Crippen molar-refractivity contribution in [3.63, 3.8) is 0 Å². The van der Waals surface area contributed by atoms with Crippen LogP contribution in [0.4, 0.5) is 0 Å². The van der Waals surface area contributed by atoms with Gasteiger partial charge in [0, 0.05) is 43.0 Å². The lowest BCUT2D eigenvalue weighted by molar-refractivity contribution is 0.611. The average Bonchev–Trinajstić information content (AvgIpc) is 2.78. The topological polar surface area (TPSA) is 76.7 Å². The molecule has 0 spiro atoms. The van der Waals surface area contributed by atoms with Crippen LogP contribution in [-0.2, 0) is 6.54 Å². The fraction of sp³-hybridized carbons (Fsp3) is 0.333. The number of nitrogens with zero attached hydrogens (tertiary/aromatic N) is 2. The van der Waals surface area contributed by atoms with Crippen LogP contribution in [0.15, 0.2) is 35.6 Å². The number of pyridine rings is 1. The second-order valence-corrected chi connectivity index (χ2v) is 3.92. The number of aromatic nitrogens is 3. The van der Waals surface area contributed by atoms with Crippen molar-refractivity contribution in [2.75, 3.05) is 0 Å². The Hall–Kier alpha value is -1.88. The van der Waals surface area contributed by atoms with Crippen LogP contribution in [0.1, 0.15) is 30.8 Å². The van der Waals surface area contributed by atoms with E-state index >= 15 is 0 Å². The largest absolute Gasteiger partial charge is 0.367 e. The van der Waals surface area contributed by atoms with E-state index in [0.717, 1.165) is 18.8 Å². The first kappa shape index (κ1) is 11.6. The molecule has 3 N–H and O–H groups in total. The van der Waals surface area contributed by atoms with E-state index in [1.807, 2.05) is 10.8 Å². The van der Waals surface area contributed by atoms with Crippen molar-refractivity contribution in [2.45, 2.75) is 25.9 Å². The molecule has 5 heteroatoms. The van der Waals surface area contributed by atoms with Gasteiger partial charge in [-0.15, -0.1) is 0 Å². The van der Waals surface area contributed by atoms with Crippen molar-refractivity contribution in [2.24, 2.45) is 5.73 Å². The number of aromatic amines is 1. The van der Waals surface area contributed by atoms with E-state index in [0.29, 0.717) is 5.56 Å². The van der Waals surface area contributed by atoms with E-state index in [4.69, 9.17) is 5.73 Å². The third-order valence-corrected chi connectivity index (χ3v) is 2.68. The van der Waals surface area contributed by atoms with E-state index < -0.39 is 6.04 Å². The molecular formula is C12H16N4O. The molecule has 0 amide bonds. The number of aryl methyl sites for hydroxylation is 1. The Morgan fingerprint density at radius 1 is 1.59 bits per heavy atom. The maximum atomic E-state index is 11.7. The van der Waals surface area contributed by atoms with Gasteiger partial charge < -0.3 is 15.3 Å². The Balaban J connectivity index is 2.37. The third kappa shape index (κ3) is 2.29. The molecule has 2 aromatic heterocycles. The van der Waals surface area contributed by atoms with Crippen LogP contribution in [0, 0.1) is 0 Å². The Morgan fingerprint density at radius 3 is 3.12 bits per heavy atom. The maximum Gasteiger partial charge on any atom is 0.186 e. The Bertz CT molecular complexity index is 543. The number of nitrogens with two attached hydrogens (primary N) is 1. The lowest BCUT2D eigenvalue weighted by atomic mass is 10.1. The van der Waals surface area contributed by atoms with E-state index in [1.165, 1.54) is 6.07 Å². The first-order valence-corrected chi connectivity index (χ1v) is 5.67. The molecule has 0 fully saturated rings. The van der Waals surface area contributed by atoms with Gasteiger partial charge in [-0.2, -0.15) is 0 Å². The van der Waals surface area contributed by atoms with Gasteiger partial charge >= 0.3 is 0 Å². The summed E-state index contributed by atoms with van der Waals surface area (Å²) in [4.78, 5) is 18.8. The van der Waals surface area contributed by atoms with E-state index in [-0.39, 0.29) is 5.43 Å². The quantitative estimate of drug-likeness (QED) is 0.826. The van der Waals surface area contributed by atoms with Crippen LogP contribution in [-0.4, -0.2) is 14.5 Å². The second-order valence-electron chi connectivity index (χ2n) is 3.92. The lowest BCUT2D eigenvalue weighted by Gasteiger charge is -2.13. The number of nitrogens with one attached hydrogen (secondary N) is 1. The minimum absolute atomic E-state index is 0.0673. The first-order valence-electron chi connectivity index (χ1n) is 5.67. The highest BCUT2D eigenvalue weighted by molar-refractivity contribution is 5.21. The smallest absolute Gasteiger partial charge is 0.186 e. The highest BCUT2D eigenvalue weighted by atomic mass is 16.1. The molecule has 2 heterocycles. The van der Waals surface area contributed by atoms with E-state index in [1.54, 1.807) is 18.6 Å². The first-order chi connectivity index (χ1) is 8.24. The van der Waals surface area contributed by atoms with Gasteiger partial charge in [0.15, 0.2) is 5.43 Å². The molecule has 90 valence electrons. The third-order valence-electron chi connectivity index (χ3n) is 2.68. The summed E-state index contributed by atoms with van der Waals surface area (Å²) < 4.78 is 1.98. The number of imidazole rings is 1. The summed E-state index contributed by atoms with van der Waals surface area (Å²) >= 11 is 0. The fourth-order valence-electron chi connectivity index (χ4n) is 1.84. The van der Waals surface area contributed by atoms with Crippen molar-refractivity contribution in [1.29, 1.82) is 0 Å². The maximum absolute atomic E-state index is 11.7. The van der Waals surface area contributed by atoms with Gasteiger partial charge in [-0.1, -0.05) is 6.92 Å². The van der Waals surface area contributed by atoms with Crippen LogP contribution in [0.3, 0.4) is 0 Å². The molecule has 0 aliphatic heterocycles. The molecule has 0 aliphatic carbocycles. The standard InChI is InChI=1S/C12H16N4O/c1-2-6-16-7-5-15-12(16)11(13)9-8-14-4-3-10(9)17/h3-5,7-8,11H,2,6,13H2,1H3,(H,14,17). The Morgan fingerprint density at radius 2 is 2.41 bits per heavy atom. The zero-order valence-electron chi connectivity index (χ0n) is 9.76. The molecule has 1 atom stereocenters. The van der Waals surface area contributed by atoms with Crippen LogP contribution in [0.5, 0.6) is 0 Å². The monoisotopic (exact) mass is 232 g/mol. The predicted molar refractivity (Wildman–Crippen MR) is 65.6 cm³/mol. The van der Waals surface area contributed by atoms with Gasteiger partial charge in [-0.05, 0) is 6.42 Å². The molecule has 1 unspecified atom stereocenters. The highest BCUT2D eigenvalue weighted by Crippen LogP contribution is 2.14. The second kappa shape index (κ2) is 4.97. The molecule has 5 nitrogen and oxygen atoms in total. The lowest BCUT2D eigenvalue weighted by Crippen LogP contribution is -2.24. The van der Waals surface area contributed by atoms with Crippen molar-refractivity contribution < 1.29 is 0 Å². The molecular weight excluding hydrogens is 216 g/mol. The van der Waals surface area contributed by atoms with E-state index in [2.05, 4.69) is 16.9 Å². The number of hydrogen-bond acceptors (Lipinski definition) is 3. The van der Waals surface area contributed by atoms with Crippen molar-refractivity contribution in [3.05, 3.63) is 52.5 Å². The van der Waals surface area contributed by atoms with Crippen molar-refractivity contribution >= 4 is 0 Å². The van der Waals surface area contributed by atoms with Gasteiger partial charge in [0.2, 0.25) is 0 Å². The zero-order chi connectivity index (χ0) is 12.3. The minimum atomic E-state index is -0.485. The van der Waals surface area contributed by atoms with Crippen LogP contribution in [0.25, 0.3) is 0 Å². The molecule has 2 rings (SSSR count). The normalized spacial score (nSPS) is 12.6. The predicted octanol–water partition coefficient (Wildman–Crippen LogP) is 1.03. The minimum Gasteiger partial charge on any atom is -0.367 e. The van der Waals surface area contributed by atoms with Gasteiger partial charge in [-0.3, -0.25) is 4.79 Å². The number of H-pyrrole nitrogens is 1. The van der Waals surface area contributed by atoms with Crippen LogP contribution in [0.2, 0.25) is 0 Å². The highest BCUT2D eigenvalue weighted by Gasteiger charge is 2.16. The van der Waals surface area contributed by atoms with E-state index in [9.17, 15) is 4.79 Å². The molecule has 0 radical (unpaired) electrons. The summed E-state index contributed by atoms with van der Waals surface area (Å²) in [5, 5.41) is 0. The molecule has 0 saturated heterocycles. The van der Waals surface area contributed by atoms with Crippen LogP contribution >= 0.6 is 0 Å². The molecule has 17 heavy (non-hydrogen) atoms. The Labute approximate surface area is 99.3 Å². The summed E-state index contributed by atoms with van der Waals surface area (Å²) in [6, 6.07) is 0.990. The summed E-state index contributed by atoms with van der Waals surface area (Å²) in [6.07, 6.45) is 7.83. The van der Waals surface area contributed by atoms with Crippen LogP contribution < -0.4 is 11.2 Å². The summed E-state index contributed by atoms with van der Waals surface area (Å²) in [5.74, 6) is 0.726. The summed E-state index contributed by atoms with van der Waals surface area (Å²) in [5.41, 5.74) is 6.56. The summed E-state index contributed by atoms with van der Waals surface area (Å²) in [7, 11) is 0. The fourth-order valence-corrected chi connectivity index (χ4v) is 1.84. The zero-order valence-corrected chi connectivity index (χ0v) is 9.76. The molecule has 0 aromatic carbocycles. The van der Waals surface area contributed by atoms with Gasteiger partial charge in [0.05, 0.1) is 6.04 Å². The molecule has 0 saturated carbocycles. The SMILES string of the molecule is CCCn1ccnc1C(N)c1c[nH]ccc1=O. The molecule has 2 aromatic rings. The molecule has 0 bridgehead atoms. The van der Waals surface area contributed by atoms with Gasteiger partial charge in [0.25, 0.3) is 0 Å². The Kier molecular flexibility index (Phi) is 3.39. The number of hydrogen-bond donors (Lipinski definition) is 2. The van der Waals surface area contributed by atoms with Gasteiger partial charge in [0.1, 0.15) is 5.82 Å². The average molecular weight is 232 g/mol. The molecule has 0 aliphatic rings. The van der Waals surface area contributed by atoms with Gasteiger partial charge in [-0.25, -0.2) is 4.98 Å². The van der Waals surface area contributed by atoms with Crippen molar-refractivity contribution in [1.82, 2.24) is 14.5 Å².